The van der Waals surface area contributed by atoms with Gasteiger partial charge in [-0.1, -0.05) is 57.2 Å². The Hall–Kier alpha value is -4.66. The molecule has 9 heteroatoms. The summed E-state index contributed by atoms with van der Waals surface area (Å²) < 4.78 is 5.52. The van der Waals surface area contributed by atoms with Gasteiger partial charge in [0.15, 0.2) is 5.78 Å². The molecule has 4 rings (SSSR count). The van der Waals surface area contributed by atoms with Gasteiger partial charge in [-0.05, 0) is 69.7 Å². The van der Waals surface area contributed by atoms with E-state index >= 15 is 0 Å². The molecule has 0 fully saturated rings. The molecule has 1 atom stereocenters. The summed E-state index contributed by atoms with van der Waals surface area (Å²) in [6, 6.07) is 20.3. The molecule has 1 aliphatic rings. The number of anilines is 4. The molecular weight excluding hydrogens is 544 g/mol. The summed E-state index contributed by atoms with van der Waals surface area (Å²) in [7, 11) is 0. The molecule has 0 saturated heterocycles. The molecule has 1 unspecified atom stereocenters. The zero-order chi connectivity index (χ0) is 31.5. The number of nitrogens with zero attached hydrogens (tertiary/aromatic N) is 2. The van der Waals surface area contributed by atoms with E-state index in [1.165, 1.54) is 4.90 Å². The first-order chi connectivity index (χ1) is 20.1. The third kappa shape index (κ3) is 7.60. The summed E-state index contributed by atoms with van der Waals surface area (Å²) >= 11 is 0. The summed E-state index contributed by atoms with van der Waals surface area (Å²) in [5.74, 6) is -1.01. The number of rotatable bonds is 6. The summed E-state index contributed by atoms with van der Waals surface area (Å²) in [6.45, 7) is 12.6. The number of para-hydroxylation sites is 3. The number of ether oxygens (including phenoxy) is 1. The van der Waals surface area contributed by atoms with Crippen LogP contribution in [0.1, 0.15) is 57.5 Å². The van der Waals surface area contributed by atoms with Gasteiger partial charge in [-0.3, -0.25) is 9.59 Å². The van der Waals surface area contributed by atoms with Crippen LogP contribution < -0.4 is 20.4 Å². The zero-order valence-corrected chi connectivity index (χ0v) is 25.9. The first-order valence-electron chi connectivity index (χ1n) is 14.3. The number of ketones is 1. The number of fused-ring (bicyclic) bond motifs is 1. The number of benzene rings is 3. The average Bonchev–Trinajstić information content (AvgIpc) is 3.03. The van der Waals surface area contributed by atoms with Crippen molar-refractivity contribution in [3.63, 3.8) is 0 Å². The van der Waals surface area contributed by atoms with E-state index < -0.39 is 35.0 Å². The van der Waals surface area contributed by atoms with Gasteiger partial charge in [0.25, 0.3) is 5.91 Å². The summed E-state index contributed by atoms with van der Waals surface area (Å²) in [5.41, 5.74) is 2.22. The van der Waals surface area contributed by atoms with E-state index in [4.69, 9.17) is 4.74 Å². The van der Waals surface area contributed by atoms with Gasteiger partial charge < -0.3 is 25.2 Å². The lowest BCUT2D eigenvalue weighted by molar-refractivity contribution is -0.127. The standard InChI is InChI=1S/C34H40N4O5/c1-22-17-18-23(19-25(22)31(41)43-34(5,6)7)35-32(42)36-26-20-37(24-13-9-8-10-14-24)27-15-11-12-16-28(27)38(30(26)40)21-29(39)33(2,3)4/h8-19,26H,20-21H2,1-7H3,(H2,35,36,42). The number of esters is 1. The maximum Gasteiger partial charge on any atom is 0.338 e. The Kier molecular flexibility index (Phi) is 8.94. The van der Waals surface area contributed by atoms with Crippen LogP contribution in [0.15, 0.2) is 72.8 Å². The van der Waals surface area contributed by atoms with Crippen molar-refractivity contribution in [2.75, 3.05) is 28.2 Å². The maximum atomic E-state index is 14.1. The van der Waals surface area contributed by atoms with E-state index in [1.54, 1.807) is 45.9 Å². The predicted octanol–water partition coefficient (Wildman–Crippen LogP) is 6.24. The number of urea groups is 1. The number of carbonyl (C=O) groups excluding carboxylic acids is 4. The van der Waals surface area contributed by atoms with Crippen LogP contribution in [0.5, 0.6) is 0 Å². The quantitative estimate of drug-likeness (QED) is 0.332. The van der Waals surface area contributed by atoms with Crippen molar-refractivity contribution in [3.05, 3.63) is 83.9 Å². The highest BCUT2D eigenvalue weighted by molar-refractivity contribution is 6.08. The topological polar surface area (TPSA) is 108 Å². The van der Waals surface area contributed by atoms with E-state index in [9.17, 15) is 19.2 Å². The van der Waals surface area contributed by atoms with Crippen molar-refractivity contribution in [1.29, 1.82) is 0 Å². The van der Waals surface area contributed by atoms with E-state index in [-0.39, 0.29) is 18.9 Å². The molecule has 2 N–H and O–H groups in total. The van der Waals surface area contributed by atoms with Gasteiger partial charge in [-0.15, -0.1) is 0 Å². The molecule has 0 aliphatic carbocycles. The lowest BCUT2D eigenvalue weighted by Crippen LogP contribution is -2.54. The number of hydrogen-bond donors (Lipinski definition) is 2. The maximum absolute atomic E-state index is 14.1. The minimum Gasteiger partial charge on any atom is -0.456 e. The van der Waals surface area contributed by atoms with Gasteiger partial charge >= 0.3 is 12.0 Å². The van der Waals surface area contributed by atoms with Gasteiger partial charge in [-0.2, -0.15) is 0 Å². The second kappa shape index (κ2) is 12.3. The van der Waals surface area contributed by atoms with Crippen LogP contribution in [0.2, 0.25) is 0 Å². The molecule has 1 aliphatic heterocycles. The number of aryl methyl sites for hydroxylation is 1. The molecule has 0 bridgehead atoms. The van der Waals surface area contributed by atoms with E-state index in [2.05, 4.69) is 10.6 Å². The fourth-order valence-corrected chi connectivity index (χ4v) is 4.67. The van der Waals surface area contributed by atoms with E-state index in [0.29, 0.717) is 22.5 Å². The third-order valence-electron chi connectivity index (χ3n) is 7.02. The van der Waals surface area contributed by atoms with Crippen molar-refractivity contribution in [2.45, 2.75) is 60.1 Å². The highest BCUT2D eigenvalue weighted by Gasteiger charge is 2.37. The SMILES string of the molecule is Cc1ccc(NC(=O)NC2CN(c3ccccc3)c3ccccc3N(CC(=O)C(C)(C)C)C2=O)cc1C(=O)OC(C)(C)C. The summed E-state index contributed by atoms with van der Waals surface area (Å²) in [6.07, 6.45) is 0. The second-order valence-corrected chi connectivity index (χ2v) is 12.7. The van der Waals surface area contributed by atoms with Gasteiger partial charge in [0.2, 0.25) is 0 Å². The predicted molar refractivity (Wildman–Crippen MR) is 169 cm³/mol. The number of Topliss-reactive ketones (excluding diaryl/α,β-unsaturated/α-hetero) is 1. The summed E-state index contributed by atoms with van der Waals surface area (Å²) in [4.78, 5) is 56.8. The van der Waals surface area contributed by atoms with Crippen LogP contribution in [-0.4, -0.2) is 48.4 Å². The largest absolute Gasteiger partial charge is 0.456 e. The molecule has 226 valence electrons. The van der Waals surface area contributed by atoms with Crippen LogP contribution in [-0.2, 0) is 14.3 Å². The van der Waals surface area contributed by atoms with Crippen LogP contribution >= 0.6 is 0 Å². The summed E-state index contributed by atoms with van der Waals surface area (Å²) in [5, 5.41) is 5.58. The second-order valence-electron chi connectivity index (χ2n) is 12.7. The number of nitrogens with one attached hydrogen (secondary N) is 2. The molecule has 43 heavy (non-hydrogen) atoms. The molecule has 9 nitrogen and oxygen atoms in total. The molecule has 0 saturated carbocycles. The van der Waals surface area contributed by atoms with Gasteiger partial charge in [-0.25, -0.2) is 9.59 Å². The first-order valence-corrected chi connectivity index (χ1v) is 14.3. The molecule has 0 aromatic heterocycles. The van der Waals surface area contributed by atoms with Crippen molar-refractivity contribution in [2.24, 2.45) is 5.41 Å². The van der Waals surface area contributed by atoms with Gasteiger partial charge in [0.1, 0.15) is 11.6 Å². The monoisotopic (exact) mass is 584 g/mol. The molecule has 0 radical (unpaired) electrons. The van der Waals surface area contributed by atoms with Crippen molar-refractivity contribution >= 4 is 46.4 Å². The Morgan fingerprint density at radius 2 is 1.51 bits per heavy atom. The van der Waals surface area contributed by atoms with Crippen molar-refractivity contribution in [1.82, 2.24) is 5.32 Å². The average molecular weight is 585 g/mol. The fraction of sp³-hybridized carbons (Fsp3) is 0.353. The Morgan fingerprint density at radius 3 is 2.14 bits per heavy atom. The molecule has 0 spiro atoms. The van der Waals surface area contributed by atoms with E-state index in [1.807, 2.05) is 80.3 Å². The Labute approximate surface area is 253 Å². The lowest BCUT2D eigenvalue weighted by atomic mass is 9.90. The smallest absolute Gasteiger partial charge is 0.338 e. The Bertz CT molecular complexity index is 1520. The fourth-order valence-electron chi connectivity index (χ4n) is 4.67. The third-order valence-corrected chi connectivity index (χ3v) is 7.02. The van der Waals surface area contributed by atoms with Crippen LogP contribution in [0.4, 0.5) is 27.5 Å². The van der Waals surface area contributed by atoms with Crippen LogP contribution in [0, 0.1) is 12.3 Å². The number of amides is 3. The minimum absolute atomic E-state index is 0.110. The molecular formula is C34H40N4O5. The zero-order valence-electron chi connectivity index (χ0n) is 25.9. The normalized spacial score (nSPS) is 15.3. The minimum atomic E-state index is -1.00. The highest BCUT2D eigenvalue weighted by atomic mass is 16.6. The lowest BCUT2D eigenvalue weighted by Gasteiger charge is -2.28. The molecule has 1 heterocycles. The van der Waals surface area contributed by atoms with Crippen molar-refractivity contribution in [3.8, 4) is 0 Å². The van der Waals surface area contributed by atoms with Gasteiger partial charge in [0.05, 0.1) is 30.0 Å². The van der Waals surface area contributed by atoms with Crippen molar-refractivity contribution < 1.29 is 23.9 Å². The molecule has 3 aromatic carbocycles. The first kappa shape index (κ1) is 31.3. The van der Waals surface area contributed by atoms with Crippen LogP contribution in [0.3, 0.4) is 0 Å². The highest BCUT2D eigenvalue weighted by Crippen LogP contribution is 2.37. The molecule has 3 amide bonds. The van der Waals surface area contributed by atoms with E-state index in [0.717, 1.165) is 11.4 Å². The number of hydrogen-bond acceptors (Lipinski definition) is 6. The Balaban J connectivity index is 1.65. The molecule has 3 aromatic rings. The number of carbonyl (C=O) groups is 4. The van der Waals surface area contributed by atoms with Gasteiger partial charge in [0, 0.05) is 16.8 Å². The van der Waals surface area contributed by atoms with Crippen LogP contribution in [0.25, 0.3) is 0 Å². The Morgan fingerprint density at radius 1 is 0.884 bits per heavy atom.